The van der Waals surface area contributed by atoms with Crippen LogP contribution >= 0.6 is 12.2 Å². The van der Waals surface area contributed by atoms with Crippen LogP contribution in [0.15, 0.2) is 24.5 Å². The van der Waals surface area contributed by atoms with E-state index in [1.54, 1.807) is 19.5 Å². The number of aromatic nitrogens is 1. The van der Waals surface area contributed by atoms with Crippen molar-refractivity contribution in [1.82, 2.24) is 15.2 Å². The van der Waals surface area contributed by atoms with Crippen molar-refractivity contribution in [2.75, 3.05) is 26.8 Å². The third-order valence-corrected chi connectivity index (χ3v) is 2.78. The molecule has 1 N–H and O–H groups in total. The monoisotopic (exact) mass is 253 g/mol. The standard InChI is InChI=1S/C12H19N3OS/c1-3-15(12(17)14-8-9-16-2)10-11-4-6-13-7-5-11/h4-7H,3,8-10H2,1-2H3,(H,14,17). The molecule has 0 aliphatic carbocycles. The van der Waals surface area contributed by atoms with E-state index in [0.29, 0.717) is 6.61 Å². The average Bonchev–Trinajstić information content (AvgIpc) is 2.37. The Labute approximate surface area is 108 Å². The third kappa shape index (κ3) is 5.10. The maximum absolute atomic E-state index is 5.33. The molecule has 0 unspecified atom stereocenters. The van der Waals surface area contributed by atoms with Gasteiger partial charge in [-0.05, 0) is 36.8 Å². The van der Waals surface area contributed by atoms with Crippen molar-refractivity contribution in [1.29, 1.82) is 0 Å². The molecule has 1 aromatic rings. The van der Waals surface area contributed by atoms with Crippen LogP contribution < -0.4 is 5.32 Å². The van der Waals surface area contributed by atoms with Crippen LogP contribution in [-0.2, 0) is 11.3 Å². The van der Waals surface area contributed by atoms with Crippen LogP contribution in [0.5, 0.6) is 0 Å². The Morgan fingerprint density at radius 2 is 2.18 bits per heavy atom. The average molecular weight is 253 g/mol. The lowest BCUT2D eigenvalue weighted by Gasteiger charge is -2.24. The Morgan fingerprint density at radius 1 is 1.47 bits per heavy atom. The minimum absolute atomic E-state index is 0.660. The summed E-state index contributed by atoms with van der Waals surface area (Å²) in [5.74, 6) is 0. The Kier molecular flexibility index (Phi) is 6.50. The van der Waals surface area contributed by atoms with Gasteiger partial charge in [0.1, 0.15) is 0 Å². The van der Waals surface area contributed by atoms with Gasteiger partial charge in [0.15, 0.2) is 5.11 Å². The number of thiocarbonyl (C=S) groups is 1. The molecule has 0 aromatic carbocycles. The molecule has 0 bridgehead atoms. The molecule has 17 heavy (non-hydrogen) atoms. The van der Waals surface area contributed by atoms with Gasteiger partial charge in [-0.3, -0.25) is 4.98 Å². The van der Waals surface area contributed by atoms with E-state index in [0.717, 1.165) is 24.7 Å². The minimum atomic E-state index is 0.660. The van der Waals surface area contributed by atoms with E-state index in [2.05, 4.69) is 22.1 Å². The Morgan fingerprint density at radius 3 is 2.76 bits per heavy atom. The highest BCUT2D eigenvalue weighted by atomic mass is 32.1. The third-order valence-electron chi connectivity index (χ3n) is 2.37. The summed E-state index contributed by atoms with van der Waals surface area (Å²) in [7, 11) is 1.68. The molecule has 0 amide bonds. The number of nitrogens with zero attached hydrogens (tertiary/aromatic N) is 2. The molecule has 0 atom stereocenters. The van der Waals surface area contributed by atoms with Crippen molar-refractivity contribution >= 4 is 17.3 Å². The van der Waals surface area contributed by atoms with Gasteiger partial charge < -0.3 is 15.0 Å². The lowest BCUT2D eigenvalue weighted by atomic mass is 10.2. The first-order valence-corrected chi connectivity index (χ1v) is 6.09. The van der Waals surface area contributed by atoms with Gasteiger partial charge in [-0.2, -0.15) is 0 Å². The van der Waals surface area contributed by atoms with E-state index in [9.17, 15) is 0 Å². The normalized spacial score (nSPS) is 10.0. The zero-order valence-electron chi connectivity index (χ0n) is 10.3. The summed E-state index contributed by atoms with van der Waals surface area (Å²) in [5.41, 5.74) is 1.21. The lowest BCUT2D eigenvalue weighted by molar-refractivity contribution is 0.203. The van der Waals surface area contributed by atoms with Gasteiger partial charge in [0.25, 0.3) is 0 Å². The summed E-state index contributed by atoms with van der Waals surface area (Å²) in [6.07, 6.45) is 3.59. The van der Waals surface area contributed by atoms with Gasteiger partial charge in [0.05, 0.1) is 6.61 Å². The fourth-order valence-corrected chi connectivity index (χ4v) is 1.70. The molecule has 0 aliphatic heterocycles. The number of methoxy groups -OCH3 is 1. The molecule has 0 saturated carbocycles. The fourth-order valence-electron chi connectivity index (χ4n) is 1.41. The van der Waals surface area contributed by atoms with Crippen LogP contribution in [-0.4, -0.2) is 41.8 Å². The van der Waals surface area contributed by atoms with Gasteiger partial charge in [-0.15, -0.1) is 0 Å². The minimum Gasteiger partial charge on any atom is -0.383 e. The summed E-state index contributed by atoms with van der Waals surface area (Å²) >= 11 is 5.33. The highest BCUT2D eigenvalue weighted by Gasteiger charge is 2.07. The van der Waals surface area contributed by atoms with Gasteiger partial charge in [0.2, 0.25) is 0 Å². The van der Waals surface area contributed by atoms with Crippen LogP contribution in [0.1, 0.15) is 12.5 Å². The molecule has 4 nitrogen and oxygen atoms in total. The number of nitrogens with one attached hydrogen (secondary N) is 1. The number of pyridine rings is 1. The van der Waals surface area contributed by atoms with Crippen molar-refractivity contribution < 1.29 is 4.74 Å². The largest absolute Gasteiger partial charge is 0.383 e. The van der Waals surface area contributed by atoms with Gasteiger partial charge in [-0.1, -0.05) is 0 Å². The number of rotatable bonds is 6. The molecule has 1 aromatic heterocycles. The lowest BCUT2D eigenvalue weighted by Crippen LogP contribution is -2.40. The second-order valence-electron chi connectivity index (χ2n) is 3.59. The smallest absolute Gasteiger partial charge is 0.169 e. The first kappa shape index (κ1) is 13.9. The molecular weight excluding hydrogens is 234 g/mol. The predicted octanol–water partition coefficient (Wildman–Crippen LogP) is 1.42. The van der Waals surface area contributed by atoms with E-state index in [1.807, 2.05) is 12.1 Å². The van der Waals surface area contributed by atoms with Gasteiger partial charge in [0, 0.05) is 39.1 Å². The molecule has 0 spiro atoms. The Balaban J connectivity index is 2.45. The molecule has 5 heteroatoms. The summed E-state index contributed by atoms with van der Waals surface area (Å²) in [6, 6.07) is 4.00. The van der Waals surface area contributed by atoms with E-state index >= 15 is 0 Å². The number of hydrogen-bond acceptors (Lipinski definition) is 3. The summed E-state index contributed by atoms with van der Waals surface area (Å²) in [4.78, 5) is 6.11. The Bertz CT molecular complexity index is 332. The van der Waals surface area contributed by atoms with Gasteiger partial charge in [-0.25, -0.2) is 0 Å². The molecule has 0 radical (unpaired) electrons. The van der Waals surface area contributed by atoms with Crippen molar-refractivity contribution in [3.63, 3.8) is 0 Å². The van der Waals surface area contributed by atoms with E-state index in [4.69, 9.17) is 17.0 Å². The zero-order valence-corrected chi connectivity index (χ0v) is 11.2. The highest BCUT2D eigenvalue weighted by molar-refractivity contribution is 7.80. The molecule has 1 rings (SSSR count). The summed E-state index contributed by atoms with van der Waals surface area (Å²) in [6.45, 7) is 5.17. The van der Waals surface area contributed by atoms with Crippen LogP contribution in [0.2, 0.25) is 0 Å². The maximum Gasteiger partial charge on any atom is 0.169 e. The number of hydrogen-bond donors (Lipinski definition) is 1. The topological polar surface area (TPSA) is 37.4 Å². The van der Waals surface area contributed by atoms with Gasteiger partial charge >= 0.3 is 0 Å². The molecule has 94 valence electrons. The first-order valence-electron chi connectivity index (χ1n) is 5.68. The van der Waals surface area contributed by atoms with Crippen molar-refractivity contribution in [2.24, 2.45) is 0 Å². The molecule has 0 saturated heterocycles. The molecule has 0 fully saturated rings. The SMILES string of the molecule is CCN(Cc1ccncc1)C(=S)NCCOC. The summed E-state index contributed by atoms with van der Waals surface area (Å²) in [5, 5.41) is 3.94. The van der Waals surface area contributed by atoms with Crippen LogP contribution in [0.25, 0.3) is 0 Å². The quantitative estimate of drug-likeness (QED) is 0.613. The summed E-state index contributed by atoms with van der Waals surface area (Å²) < 4.78 is 4.97. The molecule has 1 heterocycles. The first-order chi connectivity index (χ1) is 8.27. The van der Waals surface area contributed by atoms with Crippen LogP contribution in [0.3, 0.4) is 0 Å². The Hall–Kier alpha value is -1.20. The second-order valence-corrected chi connectivity index (χ2v) is 3.98. The second kappa shape index (κ2) is 7.97. The predicted molar refractivity (Wildman–Crippen MR) is 72.8 cm³/mol. The van der Waals surface area contributed by atoms with Crippen LogP contribution in [0.4, 0.5) is 0 Å². The van der Waals surface area contributed by atoms with Crippen molar-refractivity contribution in [2.45, 2.75) is 13.5 Å². The van der Waals surface area contributed by atoms with E-state index in [-0.39, 0.29) is 0 Å². The van der Waals surface area contributed by atoms with Crippen molar-refractivity contribution in [3.05, 3.63) is 30.1 Å². The fraction of sp³-hybridized carbons (Fsp3) is 0.500. The zero-order chi connectivity index (χ0) is 12.5. The van der Waals surface area contributed by atoms with Crippen LogP contribution in [0, 0.1) is 0 Å². The van der Waals surface area contributed by atoms with E-state index in [1.165, 1.54) is 5.56 Å². The molecule has 0 aliphatic rings. The number of ether oxygens (including phenoxy) is 1. The maximum atomic E-state index is 5.33. The highest BCUT2D eigenvalue weighted by Crippen LogP contribution is 2.03. The van der Waals surface area contributed by atoms with E-state index < -0.39 is 0 Å². The van der Waals surface area contributed by atoms with Crippen molar-refractivity contribution in [3.8, 4) is 0 Å². The molecular formula is C12H19N3OS.